The molecule has 5 nitrogen and oxygen atoms in total. The van der Waals surface area contributed by atoms with Gasteiger partial charge in [-0.1, -0.05) is 20.8 Å². The van der Waals surface area contributed by atoms with Gasteiger partial charge in [0, 0.05) is 31.1 Å². The molecule has 0 bridgehead atoms. The van der Waals surface area contributed by atoms with E-state index >= 15 is 0 Å². The van der Waals surface area contributed by atoms with Crippen molar-refractivity contribution in [3.8, 4) is 6.07 Å². The van der Waals surface area contributed by atoms with Crippen LogP contribution in [-0.2, 0) is 5.41 Å². The number of aromatic nitrogens is 2. The second-order valence-corrected chi connectivity index (χ2v) is 6.04. The van der Waals surface area contributed by atoms with E-state index in [4.69, 9.17) is 5.26 Å². The Bertz CT molecular complexity index is 484. The minimum Gasteiger partial charge on any atom is -0.370 e. The van der Waals surface area contributed by atoms with Gasteiger partial charge in [-0.25, -0.2) is 9.97 Å². The van der Waals surface area contributed by atoms with Crippen molar-refractivity contribution in [2.24, 2.45) is 0 Å². The minimum atomic E-state index is -0.112. The van der Waals surface area contributed by atoms with E-state index in [1.54, 1.807) is 0 Å². The van der Waals surface area contributed by atoms with Crippen LogP contribution in [0.4, 0.5) is 11.6 Å². The molecule has 0 radical (unpaired) electrons. The molecule has 0 aliphatic rings. The van der Waals surface area contributed by atoms with Gasteiger partial charge in [0.05, 0.1) is 12.5 Å². The second-order valence-electron chi connectivity index (χ2n) is 6.04. The first-order valence-corrected chi connectivity index (χ1v) is 7.02. The molecule has 1 rings (SSSR count). The molecule has 0 aliphatic carbocycles. The van der Waals surface area contributed by atoms with Gasteiger partial charge in [0.2, 0.25) is 0 Å². The van der Waals surface area contributed by atoms with Gasteiger partial charge in [0.1, 0.15) is 17.5 Å². The Labute approximate surface area is 122 Å². The van der Waals surface area contributed by atoms with Crippen LogP contribution < -0.4 is 10.2 Å². The predicted octanol–water partition coefficient (Wildman–Crippen LogP) is 2.94. The fourth-order valence-corrected chi connectivity index (χ4v) is 1.72. The highest BCUT2D eigenvalue weighted by Gasteiger charge is 2.21. The zero-order valence-corrected chi connectivity index (χ0v) is 13.4. The Hall–Kier alpha value is -1.83. The van der Waals surface area contributed by atoms with Crippen LogP contribution in [0.15, 0.2) is 6.07 Å². The van der Waals surface area contributed by atoms with E-state index in [2.05, 4.69) is 42.1 Å². The van der Waals surface area contributed by atoms with Crippen molar-refractivity contribution < 1.29 is 0 Å². The van der Waals surface area contributed by atoms with Crippen LogP contribution in [0.1, 0.15) is 46.9 Å². The van der Waals surface area contributed by atoms with E-state index < -0.39 is 0 Å². The molecule has 1 unspecified atom stereocenters. The third-order valence-corrected chi connectivity index (χ3v) is 3.15. The number of hydrogen-bond donors (Lipinski definition) is 1. The van der Waals surface area contributed by atoms with Gasteiger partial charge in [-0.15, -0.1) is 0 Å². The van der Waals surface area contributed by atoms with Crippen LogP contribution in [-0.4, -0.2) is 29.6 Å². The molecule has 1 N–H and O–H groups in total. The van der Waals surface area contributed by atoms with Crippen molar-refractivity contribution in [1.29, 1.82) is 5.26 Å². The van der Waals surface area contributed by atoms with E-state index in [0.717, 1.165) is 24.0 Å². The largest absolute Gasteiger partial charge is 0.370 e. The number of nitrogens with zero attached hydrogens (tertiary/aromatic N) is 4. The highest BCUT2D eigenvalue weighted by molar-refractivity contribution is 5.50. The average Bonchev–Trinajstić information content (AvgIpc) is 2.37. The summed E-state index contributed by atoms with van der Waals surface area (Å²) in [5.41, 5.74) is -0.112. The quantitative estimate of drug-likeness (QED) is 0.895. The molecular weight excluding hydrogens is 250 g/mol. The maximum Gasteiger partial charge on any atom is 0.138 e. The molecule has 1 aromatic heterocycles. The van der Waals surface area contributed by atoms with E-state index in [0.29, 0.717) is 6.42 Å². The van der Waals surface area contributed by atoms with Crippen LogP contribution in [0.2, 0.25) is 0 Å². The van der Waals surface area contributed by atoms with Crippen molar-refractivity contribution in [2.45, 2.75) is 52.5 Å². The van der Waals surface area contributed by atoms with Gasteiger partial charge >= 0.3 is 0 Å². The van der Waals surface area contributed by atoms with Gasteiger partial charge in [0.25, 0.3) is 0 Å². The maximum atomic E-state index is 8.83. The van der Waals surface area contributed by atoms with Crippen molar-refractivity contribution in [1.82, 2.24) is 9.97 Å². The normalized spacial score (nSPS) is 12.7. The molecule has 0 aliphatic heterocycles. The summed E-state index contributed by atoms with van der Waals surface area (Å²) >= 11 is 0. The van der Waals surface area contributed by atoms with Crippen molar-refractivity contribution in [3.63, 3.8) is 0 Å². The molecule has 1 heterocycles. The molecule has 0 amide bonds. The predicted molar refractivity (Wildman–Crippen MR) is 83.0 cm³/mol. The summed E-state index contributed by atoms with van der Waals surface area (Å²) in [6.07, 6.45) is 0.474. The van der Waals surface area contributed by atoms with Gasteiger partial charge in [-0.3, -0.25) is 0 Å². The summed E-state index contributed by atoms with van der Waals surface area (Å²) in [5, 5.41) is 12.1. The zero-order valence-electron chi connectivity index (χ0n) is 13.4. The molecule has 20 heavy (non-hydrogen) atoms. The molecule has 0 saturated carbocycles. The summed E-state index contributed by atoms with van der Waals surface area (Å²) in [6, 6.07) is 4.26. The van der Waals surface area contributed by atoms with Crippen LogP contribution in [0.25, 0.3) is 0 Å². The first-order chi connectivity index (χ1) is 9.29. The van der Waals surface area contributed by atoms with E-state index in [-0.39, 0.29) is 11.5 Å². The molecule has 0 saturated heterocycles. The lowest BCUT2D eigenvalue weighted by molar-refractivity contribution is 0.543. The van der Waals surface area contributed by atoms with E-state index in [1.807, 2.05) is 31.9 Å². The van der Waals surface area contributed by atoms with Gasteiger partial charge in [0.15, 0.2) is 0 Å². The number of anilines is 2. The van der Waals surface area contributed by atoms with Crippen molar-refractivity contribution in [2.75, 3.05) is 23.8 Å². The summed E-state index contributed by atoms with van der Waals surface area (Å²) in [5.74, 6) is 2.49. The molecule has 5 heteroatoms. The van der Waals surface area contributed by atoms with Crippen molar-refractivity contribution >= 4 is 11.6 Å². The van der Waals surface area contributed by atoms with E-state index in [1.165, 1.54) is 0 Å². The third-order valence-electron chi connectivity index (χ3n) is 3.15. The molecule has 0 aromatic carbocycles. The van der Waals surface area contributed by atoms with Crippen LogP contribution in [0.5, 0.6) is 0 Å². The molecule has 1 aromatic rings. The molecule has 0 spiro atoms. The highest BCUT2D eigenvalue weighted by Crippen LogP contribution is 2.24. The zero-order chi connectivity index (χ0) is 15.3. The van der Waals surface area contributed by atoms with Crippen LogP contribution in [0.3, 0.4) is 0 Å². The summed E-state index contributed by atoms with van der Waals surface area (Å²) in [7, 11) is 1.96. The topological polar surface area (TPSA) is 64.8 Å². The smallest absolute Gasteiger partial charge is 0.138 e. The van der Waals surface area contributed by atoms with Crippen molar-refractivity contribution in [3.05, 3.63) is 11.9 Å². The number of nitrogens with one attached hydrogen (secondary N) is 1. The average molecular weight is 275 g/mol. The number of nitriles is 1. The maximum absolute atomic E-state index is 8.83. The van der Waals surface area contributed by atoms with Crippen LogP contribution >= 0.6 is 0 Å². The first kappa shape index (κ1) is 16.2. The molecule has 0 fully saturated rings. The molecule has 1 atom stereocenters. The fourth-order valence-electron chi connectivity index (χ4n) is 1.72. The summed E-state index contributed by atoms with van der Waals surface area (Å²) in [6.45, 7) is 11.2. The SMILES string of the molecule is CCNc1cc(N(C)C(C)CC#N)nc(C(C)(C)C)n1. The second kappa shape index (κ2) is 6.56. The Morgan fingerprint density at radius 3 is 2.55 bits per heavy atom. The fraction of sp³-hybridized carbons (Fsp3) is 0.667. The van der Waals surface area contributed by atoms with Gasteiger partial charge in [-0.2, -0.15) is 5.26 Å². The molecular formula is C15H25N5. The molecule has 110 valence electrons. The first-order valence-electron chi connectivity index (χ1n) is 7.02. The Morgan fingerprint density at radius 2 is 2.05 bits per heavy atom. The summed E-state index contributed by atoms with van der Waals surface area (Å²) < 4.78 is 0. The third kappa shape index (κ3) is 4.09. The lowest BCUT2D eigenvalue weighted by atomic mass is 9.95. The minimum absolute atomic E-state index is 0.112. The Morgan fingerprint density at radius 1 is 1.40 bits per heavy atom. The number of hydrogen-bond acceptors (Lipinski definition) is 5. The van der Waals surface area contributed by atoms with E-state index in [9.17, 15) is 0 Å². The van der Waals surface area contributed by atoms with Crippen LogP contribution in [0, 0.1) is 11.3 Å². The lowest BCUT2D eigenvalue weighted by Crippen LogP contribution is -2.30. The standard InChI is InChI=1S/C15H25N5/c1-7-17-12-10-13(20(6)11(2)8-9-16)19-14(18-12)15(3,4)5/h10-11H,7-8H2,1-6H3,(H,17,18,19). The summed E-state index contributed by atoms with van der Waals surface area (Å²) in [4.78, 5) is 11.3. The highest BCUT2D eigenvalue weighted by atomic mass is 15.2. The van der Waals surface area contributed by atoms with Gasteiger partial charge < -0.3 is 10.2 Å². The number of rotatable bonds is 5. The Balaban J connectivity index is 3.18. The lowest BCUT2D eigenvalue weighted by Gasteiger charge is -2.26. The monoisotopic (exact) mass is 275 g/mol. The Kier molecular flexibility index (Phi) is 5.32. The van der Waals surface area contributed by atoms with Gasteiger partial charge in [-0.05, 0) is 13.8 Å².